The first-order valence-corrected chi connectivity index (χ1v) is 13.0. The Bertz CT molecular complexity index is 824. The number of esters is 1. The smallest absolute Gasteiger partial charge is 0.315 e. The van der Waals surface area contributed by atoms with Crippen LogP contribution >= 0.6 is 39.5 Å². The Balaban J connectivity index is 1.64. The molecule has 1 heterocycles. The maximum atomic E-state index is 12.8. The van der Waals surface area contributed by atoms with Gasteiger partial charge in [-0.3, -0.25) is 4.79 Å². The summed E-state index contributed by atoms with van der Waals surface area (Å²) < 4.78 is 12.3. The van der Waals surface area contributed by atoms with E-state index in [0.29, 0.717) is 6.61 Å². The van der Waals surface area contributed by atoms with Gasteiger partial charge >= 0.3 is 5.97 Å². The average Bonchev–Trinajstić information content (AvgIpc) is 3.24. The second-order valence-corrected chi connectivity index (χ2v) is 11.9. The van der Waals surface area contributed by atoms with Crippen molar-refractivity contribution in [3.63, 3.8) is 0 Å². The zero-order chi connectivity index (χ0) is 21.5. The summed E-state index contributed by atoms with van der Waals surface area (Å²) in [6.45, 7) is 3.37. The summed E-state index contributed by atoms with van der Waals surface area (Å²) in [5, 5.41) is 0. The SMILES string of the molecule is COC(=O)C(C)(CCC1(CCOCc2ccccc2)SCCS1)c1cccc(Br)c1. The molecule has 0 bridgehead atoms. The van der Waals surface area contributed by atoms with E-state index in [1.165, 1.54) is 12.7 Å². The molecule has 0 aliphatic carbocycles. The molecule has 30 heavy (non-hydrogen) atoms. The van der Waals surface area contributed by atoms with Gasteiger partial charge in [-0.15, -0.1) is 23.5 Å². The Morgan fingerprint density at radius 1 is 1.10 bits per heavy atom. The second-order valence-electron chi connectivity index (χ2n) is 7.73. The van der Waals surface area contributed by atoms with Crippen LogP contribution in [0.25, 0.3) is 0 Å². The minimum absolute atomic E-state index is 0.0952. The van der Waals surface area contributed by atoms with Gasteiger partial charge < -0.3 is 9.47 Å². The lowest BCUT2D eigenvalue weighted by Crippen LogP contribution is -2.36. The largest absolute Gasteiger partial charge is 0.468 e. The number of hydrogen-bond donors (Lipinski definition) is 0. The Hall–Kier alpha value is -0.950. The minimum Gasteiger partial charge on any atom is -0.468 e. The van der Waals surface area contributed by atoms with E-state index in [9.17, 15) is 4.79 Å². The van der Waals surface area contributed by atoms with E-state index in [1.807, 2.05) is 72.9 Å². The molecule has 0 spiro atoms. The standard InChI is InChI=1S/C24H29BrO3S2/c1-23(22(26)27-2,20-9-6-10-21(25)17-20)11-12-24(29-15-16-30-24)13-14-28-18-19-7-4-3-5-8-19/h3-10,17H,11-16,18H2,1-2H3. The minimum atomic E-state index is -0.667. The molecule has 1 aliphatic rings. The Morgan fingerprint density at radius 2 is 1.83 bits per heavy atom. The van der Waals surface area contributed by atoms with E-state index >= 15 is 0 Å². The molecule has 1 aliphatic heterocycles. The molecule has 1 saturated heterocycles. The molecule has 2 aromatic carbocycles. The number of carbonyl (C=O) groups excluding carboxylic acids is 1. The third-order valence-corrected chi connectivity index (χ3v) is 9.80. The topological polar surface area (TPSA) is 35.5 Å². The Labute approximate surface area is 196 Å². The molecule has 1 unspecified atom stereocenters. The fourth-order valence-electron chi connectivity index (χ4n) is 3.76. The zero-order valence-corrected chi connectivity index (χ0v) is 20.8. The van der Waals surface area contributed by atoms with Crippen molar-refractivity contribution in [1.29, 1.82) is 0 Å². The number of benzene rings is 2. The van der Waals surface area contributed by atoms with Gasteiger partial charge in [0.25, 0.3) is 0 Å². The quantitative estimate of drug-likeness (QED) is 0.272. The van der Waals surface area contributed by atoms with Gasteiger partial charge in [0.1, 0.15) is 0 Å². The number of hydrogen-bond acceptors (Lipinski definition) is 5. The summed E-state index contributed by atoms with van der Waals surface area (Å²) in [7, 11) is 1.48. The third kappa shape index (κ3) is 6.06. The summed E-state index contributed by atoms with van der Waals surface area (Å²) in [4.78, 5) is 12.8. The predicted octanol–water partition coefficient (Wildman–Crippen LogP) is 6.44. The van der Waals surface area contributed by atoms with E-state index in [4.69, 9.17) is 9.47 Å². The molecule has 2 aromatic rings. The lowest BCUT2D eigenvalue weighted by atomic mass is 9.78. The maximum Gasteiger partial charge on any atom is 0.315 e. The number of rotatable bonds is 10. The van der Waals surface area contributed by atoms with Gasteiger partial charge in [0, 0.05) is 22.6 Å². The van der Waals surface area contributed by atoms with Crippen LogP contribution in [0.1, 0.15) is 37.3 Å². The fraction of sp³-hybridized carbons (Fsp3) is 0.458. The molecule has 0 amide bonds. The highest BCUT2D eigenvalue weighted by Gasteiger charge is 2.42. The van der Waals surface area contributed by atoms with E-state index in [0.717, 1.165) is 47.4 Å². The van der Waals surface area contributed by atoms with Gasteiger partial charge in [-0.1, -0.05) is 58.4 Å². The monoisotopic (exact) mass is 508 g/mol. The summed E-state index contributed by atoms with van der Waals surface area (Å²) in [5.74, 6) is 2.12. The molecule has 0 aromatic heterocycles. The fourth-order valence-corrected chi connectivity index (χ4v) is 7.36. The highest BCUT2D eigenvalue weighted by atomic mass is 79.9. The van der Waals surface area contributed by atoms with Crippen molar-refractivity contribution in [2.24, 2.45) is 0 Å². The number of thioether (sulfide) groups is 2. The van der Waals surface area contributed by atoms with Crippen LogP contribution in [0.4, 0.5) is 0 Å². The van der Waals surface area contributed by atoms with Crippen LogP contribution in [0.15, 0.2) is 59.1 Å². The number of ether oxygens (including phenoxy) is 2. The van der Waals surface area contributed by atoms with Crippen molar-refractivity contribution in [2.75, 3.05) is 25.2 Å². The normalized spacial score (nSPS) is 17.4. The maximum absolute atomic E-state index is 12.8. The van der Waals surface area contributed by atoms with Crippen molar-refractivity contribution in [3.05, 3.63) is 70.2 Å². The van der Waals surface area contributed by atoms with Crippen LogP contribution < -0.4 is 0 Å². The predicted molar refractivity (Wildman–Crippen MR) is 131 cm³/mol. The van der Waals surface area contributed by atoms with Gasteiger partial charge in [-0.05, 0) is 49.4 Å². The number of carbonyl (C=O) groups is 1. The first kappa shape index (κ1) is 23.7. The van der Waals surface area contributed by atoms with Crippen LogP contribution in [-0.4, -0.2) is 35.3 Å². The van der Waals surface area contributed by atoms with Gasteiger partial charge in [0.05, 0.1) is 23.2 Å². The Morgan fingerprint density at radius 3 is 2.50 bits per heavy atom. The molecule has 0 saturated carbocycles. The highest BCUT2D eigenvalue weighted by molar-refractivity contribution is 9.10. The molecule has 1 fully saturated rings. The van der Waals surface area contributed by atoms with Crippen LogP contribution in [0, 0.1) is 0 Å². The first-order valence-electron chi connectivity index (χ1n) is 10.2. The zero-order valence-electron chi connectivity index (χ0n) is 17.6. The Kier molecular flexibility index (Phi) is 8.75. The van der Waals surface area contributed by atoms with E-state index in [1.54, 1.807) is 0 Å². The molecule has 0 N–H and O–H groups in total. The van der Waals surface area contributed by atoms with Gasteiger partial charge in [0.2, 0.25) is 0 Å². The first-order chi connectivity index (χ1) is 14.5. The molecular weight excluding hydrogens is 480 g/mol. The van der Waals surface area contributed by atoms with Gasteiger partial charge in [-0.2, -0.15) is 0 Å². The van der Waals surface area contributed by atoms with E-state index in [2.05, 4.69) is 28.1 Å². The molecule has 3 rings (SSSR count). The summed E-state index contributed by atoms with van der Waals surface area (Å²) in [5.41, 5.74) is 1.53. The second kappa shape index (κ2) is 11.1. The summed E-state index contributed by atoms with van der Waals surface area (Å²) in [6.07, 6.45) is 2.66. The molecule has 162 valence electrons. The summed E-state index contributed by atoms with van der Waals surface area (Å²) in [6, 6.07) is 18.3. The molecule has 3 nitrogen and oxygen atoms in total. The molecule has 0 radical (unpaired) electrons. The van der Waals surface area contributed by atoms with Gasteiger partial charge in [-0.25, -0.2) is 0 Å². The average molecular weight is 510 g/mol. The number of halogens is 1. The van der Waals surface area contributed by atoms with Crippen LogP contribution in [0.2, 0.25) is 0 Å². The van der Waals surface area contributed by atoms with Crippen molar-refractivity contribution in [2.45, 2.75) is 42.3 Å². The lowest BCUT2D eigenvalue weighted by Gasteiger charge is -2.33. The highest BCUT2D eigenvalue weighted by Crippen LogP contribution is 2.51. The molecule has 6 heteroatoms. The van der Waals surface area contributed by atoms with E-state index < -0.39 is 5.41 Å². The van der Waals surface area contributed by atoms with Crippen LogP contribution in [0.5, 0.6) is 0 Å². The van der Waals surface area contributed by atoms with Crippen molar-refractivity contribution in [3.8, 4) is 0 Å². The van der Waals surface area contributed by atoms with Crippen molar-refractivity contribution < 1.29 is 14.3 Å². The van der Waals surface area contributed by atoms with E-state index in [-0.39, 0.29) is 10.0 Å². The van der Waals surface area contributed by atoms with Crippen LogP contribution in [0.3, 0.4) is 0 Å². The van der Waals surface area contributed by atoms with Crippen molar-refractivity contribution >= 4 is 45.4 Å². The van der Waals surface area contributed by atoms with Crippen molar-refractivity contribution in [1.82, 2.24) is 0 Å². The third-order valence-electron chi connectivity index (χ3n) is 5.66. The molecular formula is C24H29BrO3S2. The van der Waals surface area contributed by atoms with Gasteiger partial charge in [0.15, 0.2) is 0 Å². The number of methoxy groups -OCH3 is 1. The van der Waals surface area contributed by atoms with Crippen LogP contribution in [-0.2, 0) is 26.3 Å². The molecule has 1 atom stereocenters. The summed E-state index contributed by atoms with van der Waals surface area (Å²) >= 11 is 7.57. The lowest BCUT2D eigenvalue weighted by molar-refractivity contribution is -0.147.